The summed E-state index contributed by atoms with van der Waals surface area (Å²) in [5, 5.41) is 0. The molecule has 1 aromatic heterocycles. The van der Waals surface area contributed by atoms with Gasteiger partial charge in [0.2, 0.25) is 5.88 Å². The van der Waals surface area contributed by atoms with Crippen LogP contribution < -0.4 is 15.2 Å². The van der Waals surface area contributed by atoms with E-state index in [9.17, 15) is 4.39 Å². The van der Waals surface area contributed by atoms with Crippen LogP contribution in [0.2, 0.25) is 0 Å². The van der Waals surface area contributed by atoms with Gasteiger partial charge in [-0.25, -0.2) is 9.37 Å². The van der Waals surface area contributed by atoms with Gasteiger partial charge < -0.3 is 15.2 Å². The quantitative estimate of drug-likeness (QED) is 0.898. The van der Waals surface area contributed by atoms with Gasteiger partial charge in [0, 0.05) is 12.7 Å². The zero-order valence-corrected chi connectivity index (χ0v) is 10.6. The highest BCUT2D eigenvalue weighted by molar-refractivity contribution is 5.30. The summed E-state index contributed by atoms with van der Waals surface area (Å²) in [6.45, 7) is 0.490. The molecular formula is C14H15FN2O2. The Morgan fingerprint density at radius 2 is 2.16 bits per heavy atom. The molecule has 0 saturated heterocycles. The fourth-order valence-electron chi connectivity index (χ4n) is 1.66. The first-order chi connectivity index (χ1) is 9.24. The number of nitrogens with zero attached hydrogens (tertiary/aromatic N) is 1. The monoisotopic (exact) mass is 262 g/mol. The lowest BCUT2D eigenvalue weighted by Crippen LogP contribution is -2.02. The third kappa shape index (κ3) is 3.20. The second kappa shape index (κ2) is 6.15. The van der Waals surface area contributed by atoms with Crippen molar-refractivity contribution < 1.29 is 13.9 Å². The molecule has 0 atom stereocenters. The number of benzene rings is 1. The van der Waals surface area contributed by atoms with Crippen LogP contribution in [-0.4, -0.2) is 12.1 Å². The molecule has 19 heavy (non-hydrogen) atoms. The third-order valence-electron chi connectivity index (χ3n) is 2.66. The van der Waals surface area contributed by atoms with Crippen molar-refractivity contribution in [1.82, 2.24) is 4.98 Å². The Labute approximate surface area is 111 Å². The summed E-state index contributed by atoms with van der Waals surface area (Å²) in [5.74, 6) is 0.232. The smallest absolute Gasteiger partial charge is 0.219 e. The summed E-state index contributed by atoms with van der Waals surface area (Å²) < 4.78 is 24.2. The van der Waals surface area contributed by atoms with Gasteiger partial charge in [0.25, 0.3) is 0 Å². The van der Waals surface area contributed by atoms with Crippen LogP contribution in [0.15, 0.2) is 36.5 Å². The molecule has 5 heteroatoms. The molecule has 1 heterocycles. The van der Waals surface area contributed by atoms with Crippen LogP contribution in [0.25, 0.3) is 0 Å². The van der Waals surface area contributed by atoms with Gasteiger partial charge in [-0.3, -0.25) is 0 Å². The molecule has 0 unspecified atom stereocenters. The Morgan fingerprint density at radius 1 is 1.32 bits per heavy atom. The number of ether oxygens (including phenoxy) is 2. The number of hydrogen-bond donors (Lipinski definition) is 1. The summed E-state index contributed by atoms with van der Waals surface area (Å²) in [5.41, 5.74) is 6.92. The minimum absolute atomic E-state index is 0.183. The van der Waals surface area contributed by atoms with E-state index < -0.39 is 5.82 Å². The number of methoxy groups -OCH3 is 1. The Kier molecular flexibility index (Phi) is 4.30. The highest BCUT2D eigenvalue weighted by atomic mass is 19.1. The van der Waals surface area contributed by atoms with Gasteiger partial charge in [0.15, 0.2) is 11.6 Å². The fourth-order valence-corrected chi connectivity index (χ4v) is 1.66. The highest BCUT2D eigenvalue weighted by Crippen LogP contribution is 2.21. The molecule has 0 fully saturated rings. The normalized spacial score (nSPS) is 10.3. The van der Waals surface area contributed by atoms with Crippen LogP contribution in [0.4, 0.5) is 4.39 Å². The first-order valence-corrected chi connectivity index (χ1v) is 5.83. The highest BCUT2D eigenvalue weighted by Gasteiger charge is 2.07. The van der Waals surface area contributed by atoms with Crippen molar-refractivity contribution in [3.8, 4) is 11.6 Å². The van der Waals surface area contributed by atoms with Gasteiger partial charge >= 0.3 is 0 Å². The van der Waals surface area contributed by atoms with Crippen molar-refractivity contribution in [1.29, 1.82) is 0 Å². The summed E-state index contributed by atoms with van der Waals surface area (Å²) in [6, 6.07) is 8.27. The Bertz CT molecular complexity index is 561. The van der Waals surface area contributed by atoms with Gasteiger partial charge in [-0.05, 0) is 29.8 Å². The van der Waals surface area contributed by atoms with Crippen LogP contribution in [0.5, 0.6) is 11.6 Å². The molecule has 0 aliphatic carbocycles. The van der Waals surface area contributed by atoms with E-state index in [1.165, 1.54) is 13.2 Å². The molecule has 0 amide bonds. The van der Waals surface area contributed by atoms with E-state index in [-0.39, 0.29) is 12.4 Å². The number of halogens is 1. The van der Waals surface area contributed by atoms with Crippen LogP contribution in [0.3, 0.4) is 0 Å². The van der Waals surface area contributed by atoms with Gasteiger partial charge in [0.1, 0.15) is 6.61 Å². The molecule has 0 aliphatic rings. The second-order valence-electron chi connectivity index (χ2n) is 3.93. The van der Waals surface area contributed by atoms with Crippen molar-refractivity contribution in [2.24, 2.45) is 5.73 Å². The van der Waals surface area contributed by atoms with E-state index in [4.69, 9.17) is 15.2 Å². The molecule has 4 nitrogen and oxygen atoms in total. The van der Waals surface area contributed by atoms with Crippen molar-refractivity contribution >= 4 is 0 Å². The van der Waals surface area contributed by atoms with Crippen LogP contribution >= 0.6 is 0 Å². The standard InChI is InChI=1S/C14H15FN2O2/c1-18-14-11(3-2-6-17-14)9-19-13-5-4-10(8-16)7-12(13)15/h2-7H,8-9,16H2,1H3. The number of aromatic nitrogens is 1. The van der Waals surface area contributed by atoms with E-state index >= 15 is 0 Å². The maximum atomic E-state index is 13.7. The second-order valence-corrected chi connectivity index (χ2v) is 3.93. The molecule has 0 aliphatic heterocycles. The molecule has 2 N–H and O–H groups in total. The number of pyridine rings is 1. The number of rotatable bonds is 5. The minimum atomic E-state index is -0.425. The number of nitrogens with two attached hydrogens (primary N) is 1. The summed E-state index contributed by atoms with van der Waals surface area (Å²) in [4.78, 5) is 4.05. The average molecular weight is 262 g/mol. The molecule has 2 aromatic rings. The first kappa shape index (κ1) is 13.3. The molecule has 100 valence electrons. The van der Waals surface area contributed by atoms with Crippen LogP contribution in [0.1, 0.15) is 11.1 Å². The molecule has 2 rings (SSSR count). The average Bonchev–Trinajstić information content (AvgIpc) is 2.46. The van der Waals surface area contributed by atoms with Gasteiger partial charge in [0.05, 0.1) is 12.7 Å². The zero-order chi connectivity index (χ0) is 13.7. The minimum Gasteiger partial charge on any atom is -0.486 e. The maximum Gasteiger partial charge on any atom is 0.219 e. The van der Waals surface area contributed by atoms with E-state index in [0.29, 0.717) is 12.4 Å². The van der Waals surface area contributed by atoms with Crippen molar-refractivity contribution in [2.75, 3.05) is 7.11 Å². The van der Waals surface area contributed by atoms with Crippen molar-refractivity contribution in [2.45, 2.75) is 13.2 Å². The van der Waals surface area contributed by atoms with Gasteiger partial charge in [-0.2, -0.15) is 0 Å². The van der Waals surface area contributed by atoms with E-state index in [0.717, 1.165) is 11.1 Å². The lowest BCUT2D eigenvalue weighted by molar-refractivity contribution is 0.280. The molecule has 0 bridgehead atoms. The predicted molar refractivity (Wildman–Crippen MR) is 69.4 cm³/mol. The Hall–Kier alpha value is -2.14. The third-order valence-corrected chi connectivity index (χ3v) is 2.66. The molecule has 0 saturated carbocycles. The molecule has 0 radical (unpaired) electrons. The van der Waals surface area contributed by atoms with Crippen molar-refractivity contribution in [3.05, 3.63) is 53.5 Å². The Morgan fingerprint density at radius 3 is 2.84 bits per heavy atom. The SMILES string of the molecule is COc1ncccc1COc1ccc(CN)cc1F. The van der Waals surface area contributed by atoms with E-state index in [1.807, 2.05) is 6.07 Å². The van der Waals surface area contributed by atoms with Gasteiger partial charge in [-0.1, -0.05) is 6.07 Å². The van der Waals surface area contributed by atoms with Crippen LogP contribution in [-0.2, 0) is 13.2 Å². The first-order valence-electron chi connectivity index (χ1n) is 5.83. The molecule has 1 aromatic carbocycles. The summed E-state index contributed by atoms with van der Waals surface area (Å²) in [7, 11) is 1.53. The topological polar surface area (TPSA) is 57.4 Å². The predicted octanol–water partition coefficient (Wildman–Crippen LogP) is 2.27. The maximum absolute atomic E-state index is 13.7. The molecular weight excluding hydrogens is 247 g/mol. The van der Waals surface area contributed by atoms with Gasteiger partial charge in [-0.15, -0.1) is 0 Å². The van der Waals surface area contributed by atoms with E-state index in [1.54, 1.807) is 24.4 Å². The zero-order valence-electron chi connectivity index (χ0n) is 10.6. The summed E-state index contributed by atoms with van der Waals surface area (Å²) >= 11 is 0. The van der Waals surface area contributed by atoms with E-state index in [2.05, 4.69) is 4.98 Å². The largest absolute Gasteiger partial charge is 0.486 e. The lowest BCUT2D eigenvalue weighted by Gasteiger charge is -2.10. The Balaban J connectivity index is 2.10. The fraction of sp³-hybridized carbons (Fsp3) is 0.214. The molecule has 0 spiro atoms. The van der Waals surface area contributed by atoms with Crippen LogP contribution in [0, 0.1) is 5.82 Å². The van der Waals surface area contributed by atoms with Crippen molar-refractivity contribution in [3.63, 3.8) is 0 Å². The summed E-state index contributed by atoms with van der Waals surface area (Å²) in [6.07, 6.45) is 1.62. The number of hydrogen-bond acceptors (Lipinski definition) is 4. The lowest BCUT2D eigenvalue weighted by atomic mass is 10.2.